The molecule has 2 aromatic heterocycles. The molecule has 0 radical (unpaired) electrons. The van der Waals surface area contributed by atoms with Crippen LogP contribution in [-0.4, -0.2) is 26.3 Å². The fraction of sp³-hybridized carbons (Fsp3) is 0.0833. The SMILES string of the molecule is Cc1cc(NC(=O)c2ccc3[nH]ncc3c2)n[nH]1. The highest BCUT2D eigenvalue weighted by Gasteiger charge is 2.08. The Labute approximate surface area is 102 Å². The third-order valence-corrected chi connectivity index (χ3v) is 2.65. The van der Waals surface area contributed by atoms with Crippen molar-refractivity contribution >= 4 is 22.6 Å². The molecule has 0 aliphatic carbocycles. The number of rotatable bonds is 2. The number of benzene rings is 1. The van der Waals surface area contributed by atoms with Crippen LogP contribution >= 0.6 is 0 Å². The number of hydrogen-bond acceptors (Lipinski definition) is 3. The maximum Gasteiger partial charge on any atom is 0.256 e. The van der Waals surface area contributed by atoms with Gasteiger partial charge < -0.3 is 5.32 Å². The van der Waals surface area contributed by atoms with E-state index in [1.165, 1.54) is 0 Å². The van der Waals surface area contributed by atoms with Crippen LogP contribution in [0.5, 0.6) is 0 Å². The summed E-state index contributed by atoms with van der Waals surface area (Å²) in [5, 5.41) is 17.1. The molecule has 18 heavy (non-hydrogen) atoms. The monoisotopic (exact) mass is 241 g/mol. The van der Waals surface area contributed by atoms with Crippen molar-refractivity contribution in [1.82, 2.24) is 20.4 Å². The lowest BCUT2D eigenvalue weighted by molar-refractivity contribution is 0.102. The molecule has 3 rings (SSSR count). The molecule has 2 heterocycles. The van der Waals surface area contributed by atoms with Gasteiger partial charge >= 0.3 is 0 Å². The number of carbonyl (C=O) groups excluding carboxylic acids is 1. The predicted molar refractivity (Wildman–Crippen MR) is 67.4 cm³/mol. The van der Waals surface area contributed by atoms with Crippen molar-refractivity contribution in [2.45, 2.75) is 6.92 Å². The number of carbonyl (C=O) groups is 1. The molecular formula is C12H11N5O. The van der Waals surface area contributed by atoms with Crippen LogP contribution in [0.3, 0.4) is 0 Å². The minimum Gasteiger partial charge on any atom is -0.305 e. The molecule has 6 heteroatoms. The maximum absolute atomic E-state index is 12.0. The van der Waals surface area contributed by atoms with Crippen molar-refractivity contribution in [3.05, 3.63) is 41.7 Å². The number of nitrogens with zero attached hydrogens (tertiary/aromatic N) is 2. The van der Waals surface area contributed by atoms with E-state index in [9.17, 15) is 4.79 Å². The molecule has 1 amide bonds. The first-order chi connectivity index (χ1) is 8.72. The van der Waals surface area contributed by atoms with Crippen LogP contribution in [0.2, 0.25) is 0 Å². The molecule has 6 nitrogen and oxygen atoms in total. The second-order valence-electron chi connectivity index (χ2n) is 4.06. The Morgan fingerprint density at radius 2 is 2.17 bits per heavy atom. The van der Waals surface area contributed by atoms with E-state index in [1.54, 1.807) is 24.4 Å². The summed E-state index contributed by atoms with van der Waals surface area (Å²) in [6.07, 6.45) is 1.69. The molecule has 0 saturated carbocycles. The molecule has 0 aliphatic heterocycles. The van der Waals surface area contributed by atoms with Crippen molar-refractivity contribution in [3.8, 4) is 0 Å². The van der Waals surface area contributed by atoms with Gasteiger partial charge in [0.25, 0.3) is 5.91 Å². The Kier molecular flexibility index (Phi) is 2.33. The van der Waals surface area contributed by atoms with Crippen LogP contribution in [0, 0.1) is 6.92 Å². The molecule has 0 fully saturated rings. The highest BCUT2D eigenvalue weighted by molar-refractivity contribution is 6.05. The summed E-state index contributed by atoms with van der Waals surface area (Å²) in [6, 6.07) is 7.13. The van der Waals surface area contributed by atoms with Crippen molar-refractivity contribution in [1.29, 1.82) is 0 Å². The van der Waals surface area contributed by atoms with Crippen molar-refractivity contribution in [2.24, 2.45) is 0 Å². The standard InChI is InChI=1S/C12H11N5O/c1-7-4-11(17-15-7)14-12(18)8-2-3-10-9(5-8)6-13-16-10/h2-6H,1H3,(H,13,16)(H2,14,15,17,18). The van der Waals surface area contributed by atoms with E-state index in [0.717, 1.165) is 16.6 Å². The van der Waals surface area contributed by atoms with Gasteiger partial charge in [-0.3, -0.25) is 15.0 Å². The van der Waals surface area contributed by atoms with Gasteiger partial charge in [0, 0.05) is 22.7 Å². The summed E-state index contributed by atoms with van der Waals surface area (Å²) in [4.78, 5) is 12.0. The zero-order chi connectivity index (χ0) is 12.5. The van der Waals surface area contributed by atoms with Gasteiger partial charge in [-0.1, -0.05) is 0 Å². The topological polar surface area (TPSA) is 86.5 Å². The number of anilines is 1. The van der Waals surface area contributed by atoms with Crippen LogP contribution < -0.4 is 5.32 Å². The summed E-state index contributed by atoms with van der Waals surface area (Å²) in [7, 11) is 0. The van der Waals surface area contributed by atoms with Gasteiger partial charge in [0.2, 0.25) is 0 Å². The lowest BCUT2D eigenvalue weighted by Gasteiger charge is -2.01. The van der Waals surface area contributed by atoms with E-state index >= 15 is 0 Å². The Bertz CT molecular complexity index is 712. The molecule has 0 spiro atoms. The summed E-state index contributed by atoms with van der Waals surface area (Å²) in [5.74, 6) is 0.328. The Hall–Kier alpha value is -2.63. The Balaban J connectivity index is 1.87. The van der Waals surface area contributed by atoms with Crippen molar-refractivity contribution in [3.63, 3.8) is 0 Å². The summed E-state index contributed by atoms with van der Waals surface area (Å²) in [6.45, 7) is 1.88. The highest BCUT2D eigenvalue weighted by Crippen LogP contribution is 2.14. The first kappa shape index (κ1) is 10.5. The van der Waals surface area contributed by atoms with Gasteiger partial charge in [0.1, 0.15) is 0 Å². The zero-order valence-corrected chi connectivity index (χ0v) is 9.69. The van der Waals surface area contributed by atoms with Crippen molar-refractivity contribution in [2.75, 3.05) is 5.32 Å². The number of H-pyrrole nitrogens is 2. The second kappa shape index (κ2) is 3.99. The van der Waals surface area contributed by atoms with E-state index in [4.69, 9.17) is 0 Å². The quantitative estimate of drug-likeness (QED) is 0.639. The number of aryl methyl sites for hydroxylation is 1. The number of fused-ring (bicyclic) bond motifs is 1. The molecule has 0 bridgehead atoms. The molecule has 0 aliphatic rings. The fourth-order valence-corrected chi connectivity index (χ4v) is 1.75. The summed E-state index contributed by atoms with van der Waals surface area (Å²) < 4.78 is 0. The van der Waals surface area contributed by atoms with Crippen LogP contribution in [0.25, 0.3) is 10.9 Å². The summed E-state index contributed by atoms with van der Waals surface area (Å²) in [5.41, 5.74) is 2.38. The predicted octanol–water partition coefficient (Wildman–Crippen LogP) is 1.85. The first-order valence-corrected chi connectivity index (χ1v) is 5.49. The average molecular weight is 241 g/mol. The van der Waals surface area contributed by atoms with Crippen LogP contribution in [-0.2, 0) is 0 Å². The molecule has 0 atom stereocenters. The first-order valence-electron chi connectivity index (χ1n) is 5.49. The third kappa shape index (κ3) is 1.84. The number of aromatic amines is 2. The minimum absolute atomic E-state index is 0.190. The van der Waals surface area contributed by atoms with Gasteiger partial charge in [0.15, 0.2) is 5.82 Å². The number of aromatic nitrogens is 4. The van der Waals surface area contributed by atoms with E-state index in [0.29, 0.717) is 11.4 Å². The van der Waals surface area contributed by atoms with Gasteiger partial charge in [-0.25, -0.2) is 0 Å². The minimum atomic E-state index is -0.190. The lowest BCUT2D eigenvalue weighted by atomic mass is 10.1. The highest BCUT2D eigenvalue weighted by atomic mass is 16.1. The molecule has 90 valence electrons. The number of nitrogens with one attached hydrogen (secondary N) is 3. The van der Waals surface area contributed by atoms with Gasteiger partial charge in [-0.15, -0.1) is 0 Å². The molecule has 0 saturated heterocycles. The van der Waals surface area contributed by atoms with Gasteiger partial charge in [0.05, 0.1) is 11.7 Å². The van der Waals surface area contributed by atoms with E-state index in [-0.39, 0.29) is 5.91 Å². The lowest BCUT2D eigenvalue weighted by Crippen LogP contribution is -2.11. The molecule has 0 unspecified atom stereocenters. The number of hydrogen-bond donors (Lipinski definition) is 3. The van der Waals surface area contributed by atoms with Crippen LogP contribution in [0.15, 0.2) is 30.5 Å². The smallest absolute Gasteiger partial charge is 0.256 e. The van der Waals surface area contributed by atoms with E-state index < -0.39 is 0 Å². The second-order valence-corrected chi connectivity index (χ2v) is 4.06. The van der Waals surface area contributed by atoms with Gasteiger partial charge in [-0.05, 0) is 25.1 Å². The van der Waals surface area contributed by atoms with E-state index in [2.05, 4.69) is 25.7 Å². The number of amides is 1. The Morgan fingerprint density at radius 3 is 2.94 bits per heavy atom. The van der Waals surface area contributed by atoms with Gasteiger partial charge in [-0.2, -0.15) is 10.2 Å². The third-order valence-electron chi connectivity index (χ3n) is 2.65. The molecule has 3 aromatic rings. The largest absolute Gasteiger partial charge is 0.305 e. The van der Waals surface area contributed by atoms with E-state index in [1.807, 2.05) is 13.0 Å². The normalized spacial score (nSPS) is 10.7. The van der Waals surface area contributed by atoms with Crippen molar-refractivity contribution < 1.29 is 4.79 Å². The zero-order valence-electron chi connectivity index (χ0n) is 9.69. The van der Waals surface area contributed by atoms with Crippen LogP contribution in [0.1, 0.15) is 16.1 Å². The Morgan fingerprint density at radius 1 is 1.28 bits per heavy atom. The molecular weight excluding hydrogens is 230 g/mol. The summed E-state index contributed by atoms with van der Waals surface area (Å²) >= 11 is 0. The fourth-order valence-electron chi connectivity index (χ4n) is 1.75. The molecule has 1 aromatic carbocycles. The maximum atomic E-state index is 12.0. The van der Waals surface area contributed by atoms with Crippen LogP contribution in [0.4, 0.5) is 5.82 Å². The average Bonchev–Trinajstić information content (AvgIpc) is 2.96. The molecule has 3 N–H and O–H groups in total.